The Morgan fingerprint density at radius 1 is 1.17 bits per heavy atom. The van der Waals surface area contributed by atoms with Crippen molar-refractivity contribution < 1.29 is 0 Å². The predicted molar refractivity (Wildman–Crippen MR) is 60.9 cm³/mol. The molecule has 12 heavy (non-hydrogen) atoms. The molecule has 2 atom stereocenters. The van der Waals surface area contributed by atoms with Crippen LogP contribution >= 0.6 is 15.9 Å². The van der Waals surface area contributed by atoms with E-state index >= 15 is 0 Å². The zero-order valence-corrected chi connectivity index (χ0v) is 10.5. The van der Waals surface area contributed by atoms with Gasteiger partial charge in [-0.15, -0.1) is 0 Å². The van der Waals surface area contributed by atoms with Crippen molar-refractivity contribution in [1.82, 2.24) is 0 Å². The van der Waals surface area contributed by atoms with E-state index in [1.165, 1.54) is 25.7 Å². The van der Waals surface area contributed by atoms with E-state index in [-0.39, 0.29) is 0 Å². The van der Waals surface area contributed by atoms with Crippen LogP contribution in [0.25, 0.3) is 0 Å². The third-order valence-electron chi connectivity index (χ3n) is 2.54. The number of hydrogen-bond acceptors (Lipinski definition) is 0. The summed E-state index contributed by atoms with van der Waals surface area (Å²) in [4.78, 5) is 0.717. The van der Waals surface area contributed by atoms with Crippen molar-refractivity contribution in [2.24, 2.45) is 11.8 Å². The van der Waals surface area contributed by atoms with Crippen LogP contribution < -0.4 is 0 Å². The summed E-state index contributed by atoms with van der Waals surface area (Å²) in [6.07, 6.45) is 5.41. The Bertz CT molecular complexity index is 99.2. The number of halogens is 1. The van der Waals surface area contributed by atoms with Crippen molar-refractivity contribution in [3.8, 4) is 0 Å². The SMILES string of the molecule is CCCCC(CC)C(Br)C(C)C. The van der Waals surface area contributed by atoms with E-state index in [4.69, 9.17) is 0 Å². The third-order valence-corrected chi connectivity index (χ3v) is 4.35. The molecule has 0 nitrogen and oxygen atoms in total. The highest BCUT2D eigenvalue weighted by Gasteiger charge is 2.19. The average molecular weight is 235 g/mol. The summed E-state index contributed by atoms with van der Waals surface area (Å²) in [5.74, 6) is 1.65. The van der Waals surface area contributed by atoms with Crippen LogP contribution in [0.4, 0.5) is 0 Å². The van der Waals surface area contributed by atoms with Crippen LogP contribution in [-0.4, -0.2) is 4.83 Å². The van der Waals surface area contributed by atoms with E-state index < -0.39 is 0 Å². The maximum Gasteiger partial charge on any atom is 0.0196 e. The van der Waals surface area contributed by atoms with Gasteiger partial charge in [-0.05, 0) is 18.3 Å². The quantitative estimate of drug-likeness (QED) is 0.589. The van der Waals surface area contributed by atoms with Crippen molar-refractivity contribution in [1.29, 1.82) is 0 Å². The van der Waals surface area contributed by atoms with Crippen LogP contribution in [0.5, 0.6) is 0 Å². The summed E-state index contributed by atoms with van der Waals surface area (Å²) in [6.45, 7) is 9.17. The Kier molecular flexibility index (Phi) is 7.22. The van der Waals surface area contributed by atoms with Gasteiger partial charge in [0.05, 0.1) is 0 Å². The van der Waals surface area contributed by atoms with Gasteiger partial charge >= 0.3 is 0 Å². The minimum atomic E-state index is 0.717. The Balaban J connectivity index is 3.79. The minimum absolute atomic E-state index is 0.717. The second-order valence-electron chi connectivity index (χ2n) is 4.00. The Labute approximate surface area is 86.3 Å². The lowest BCUT2D eigenvalue weighted by Crippen LogP contribution is -2.19. The first-order valence-electron chi connectivity index (χ1n) is 5.27. The lowest BCUT2D eigenvalue weighted by Gasteiger charge is -2.24. The molecule has 0 rings (SSSR count). The van der Waals surface area contributed by atoms with E-state index in [0.29, 0.717) is 4.83 Å². The van der Waals surface area contributed by atoms with E-state index in [1.807, 2.05) is 0 Å². The molecule has 0 radical (unpaired) electrons. The van der Waals surface area contributed by atoms with Crippen LogP contribution in [-0.2, 0) is 0 Å². The monoisotopic (exact) mass is 234 g/mol. The smallest absolute Gasteiger partial charge is 0.0196 e. The fraction of sp³-hybridized carbons (Fsp3) is 1.00. The van der Waals surface area contributed by atoms with Crippen molar-refractivity contribution in [2.75, 3.05) is 0 Å². The highest BCUT2D eigenvalue weighted by atomic mass is 79.9. The highest BCUT2D eigenvalue weighted by molar-refractivity contribution is 9.09. The Hall–Kier alpha value is 0.480. The number of hydrogen-bond donors (Lipinski definition) is 0. The Morgan fingerprint density at radius 2 is 1.75 bits per heavy atom. The van der Waals surface area contributed by atoms with Crippen LogP contribution in [0, 0.1) is 11.8 Å². The molecule has 0 bridgehead atoms. The maximum absolute atomic E-state index is 3.80. The van der Waals surface area contributed by atoms with Crippen molar-refractivity contribution >= 4 is 15.9 Å². The molecule has 0 saturated heterocycles. The van der Waals surface area contributed by atoms with Crippen LogP contribution in [0.2, 0.25) is 0 Å². The van der Waals surface area contributed by atoms with Crippen molar-refractivity contribution in [3.63, 3.8) is 0 Å². The highest BCUT2D eigenvalue weighted by Crippen LogP contribution is 2.28. The molecule has 0 N–H and O–H groups in total. The summed E-state index contributed by atoms with van der Waals surface area (Å²) < 4.78 is 0. The maximum atomic E-state index is 3.80. The van der Waals surface area contributed by atoms with Gasteiger partial charge in [0.1, 0.15) is 0 Å². The van der Waals surface area contributed by atoms with Gasteiger partial charge in [-0.25, -0.2) is 0 Å². The molecule has 1 heteroatoms. The summed E-state index contributed by atoms with van der Waals surface area (Å²) in [5, 5.41) is 0. The average Bonchev–Trinajstić information content (AvgIpc) is 2.05. The molecule has 0 fully saturated rings. The lowest BCUT2D eigenvalue weighted by atomic mass is 9.90. The van der Waals surface area contributed by atoms with Gasteiger partial charge in [-0.1, -0.05) is 62.9 Å². The molecule has 0 spiro atoms. The molecule has 2 unspecified atom stereocenters. The van der Waals surface area contributed by atoms with Gasteiger partial charge in [0.25, 0.3) is 0 Å². The van der Waals surface area contributed by atoms with Gasteiger partial charge in [-0.2, -0.15) is 0 Å². The Morgan fingerprint density at radius 3 is 2.08 bits per heavy atom. The predicted octanol–water partition coefficient (Wildman–Crippen LogP) is 4.62. The van der Waals surface area contributed by atoms with Gasteiger partial charge < -0.3 is 0 Å². The normalized spacial score (nSPS) is 16.5. The molecule has 0 aliphatic heterocycles. The van der Waals surface area contributed by atoms with Crippen LogP contribution in [0.3, 0.4) is 0 Å². The fourth-order valence-electron chi connectivity index (χ4n) is 1.60. The lowest BCUT2D eigenvalue weighted by molar-refractivity contribution is 0.385. The van der Waals surface area contributed by atoms with Crippen molar-refractivity contribution in [2.45, 2.75) is 58.2 Å². The van der Waals surface area contributed by atoms with Gasteiger partial charge in [-0.3, -0.25) is 0 Å². The van der Waals surface area contributed by atoms with Gasteiger partial charge in [0, 0.05) is 4.83 Å². The first kappa shape index (κ1) is 12.5. The molecular formula is C11H23Br. The minimum Gasteiger partial charge on any atom is -0.0885 e. The summed E-state index contributed by atoms with van der Waals surface area (Å²) in [7, 11) is 0. The molecule has 0 aromatic rings. The van der Waals surface area contributed by atoms with Crippen LogP contribution in [0.15, 0.2) is 0 Å². The summed E-state index contributed by atoms with van der Waals surface area (Å²) in [5.41, 5.74) is 0. The number of alkyl halides is 1. The topological polar surface area (TPSA) is 0 Å². The molecule has 0 aliphatic carbocycles. The zero-order valence-electron chi connectivity index (χ0n) is 8.94. The molecule has 0 amide bonds. The zero-order chi connectivity index (χ0) is 9.56. The second-order valence-corrected chi connectivity index (χ2v) is 5.06. The second kappa shape index (κ2) is 6.94. The summed E-state index contributed by atoms with van der Waals surface area (Å²) >= 11 is 3.80. The fourth-order valence-corrected chi connectivity index (χ4v) is 2.24. The molecule has 0 aromatic heterocycles. The standard InChI is InChI=1S/C11H23Br/c1-5-7-8-10(6-2)11(12)9(3)4/h9-11H,5-8H2,1-4H3. The van der Waals surface area contributed by atoms with Gasteiger partial charge in [0.2, 0.25) is 0 Å². The third kappa shape index (κ3) is 4.49. The number of unbranched alkanes of at least 4 members (excludes halogenated alkanes) is 1. The van der Waals surface area contributed by atoms with E-state index in [1.54, 1.807) is 0 Å². The number of rotatable bonds is 6. The molecule has 0 aliphatic rings. The molecule has 0 saturated carbocycles. The largest absolute Gasteiger partial charge is 0.0885 e. The summed E-state index contributed by atoms with van der Waals surface area (Å²) in [6, 6.07) is 0. The molecule has 0 heterocycles. The van der Waals surface area contributed by atoms with E-state index in [2.05, 4.69) is 43.6 Å². The molecule has 74 valence electrons. The van der Waals surface area contributed by atoms with Gasteiger partial charge in [0.15, 0.2) is 0 Å². The first-order valence-corrected chi connectivity index (χ1v) is 6.19. The van der Waals surface area contributed by atoms with Crippen LogP contribution in [0.1, 0.15) is 53.4 Å². The van der Waals surface area contributed by atoms with E-state index in [9.17, 15) is 0 Å². The molecule has 0 aromatic carbocycles. The first-order chi connectivity index (χ1) is 5.63. The van der Waals surface area contributed by atoms with Crippen molar-refractivity contribution in [3.05, 3.63) is 0 Å². The molecular weight excluding hydrogens is 212 g/mol. The van der Waals surface area contributed by atoms with E-state index in [0.717, 1.165) is 11.8 Å².